The van der Waals surface area contributed by atoms with Crippen LogP contribution in [0.5, 0.6) is 0 Å². The summed E-state index contributed by atoms with van der Waals surface area (Å²) in [7, 11) is 0. The number of ether oxygens (including phenoxy) is 1. The standard InChI is InChI=1S/C28H25N5O2/c1-6-35-28(34)19-7-9-21(10-8-19)33-15(2)11-20(18(33)5)12-22-16(3)23(13-29)26-25(22)17(4)24(14-30)27(31)32-26/h7-12H,6H2,1-5H3,(H2,31,32)/b22-12-. The minimum atomic E-state index is -0.345. The number of esters is 1. The molecule has 35 heavy (non-hydrogen) atoms. The van der Waals surface area contributed by atoms with Crippen molar-refractivity contribution in [3.05, 3.63) is 80.8 Å². The maximum absolute atomic E-state index is 12.0. The second kappa shape index (κ2) is 8.96. The summed E-state index contributed by atoms with van der Waals surface area (Å²) in [5.41, 5.74) is 14.9. The van der Waals surface area contributed by atoms with Crippen molar-refractivity contribution in [3.8, 4) is 17.8 Å². The Balaban J connectivity index is 1.84. The maximum atomic E-state index is 12.0. The third-order valence-electron chi connectivity index (χ3n) is 6.39. The number of hydrogen-bond acceptors (Lipinski definition) is 6. The number of nitriles is 2. The molecular formula is C28H25N5O2. The number of hydrogen-bond donors (Lipinski definition) is 1. The highest BCUT2D eigenvalue weighted by molar-refractivity contribution is 6.08. The monoisotopic (exact) mass is 463 g/mol. The highest BCUT2D eigenvalue weighted by Gasteiger charge is 2.30. The molecule has 3 aromatic rings. The van der Waals surface area contributed by atoms with Crippen LogP contribution in [-0.4, -0.2) is 22.1 Å². The molecule has 0 bridgehead atoms. The van der Waals surface area contributed by atoms with E-state index in [4.69, 9.17) is 10.5 Å². The van der Waals surface area contributed by atoms with E-state index >= 15 is 0 Å². The number of nitrogens with two attached hydrogens (primary N) is 1. The van der Waals surface area contributed by atoms with Gasteiger partial charge in [-0.15, -0.1) is 0 Å². The van der Waals surface area contributed by atoms with E-state index in [9.17, 15) is 15.3 Å². The van der Waals surface area contributed by atoms with Gasteiger partial charge in [0.2, 0.25) is 0 Å². The van der Waals surface area contributed by atoms with Crippen LogP contribution < -0.4 is 5.73 Å². The first-order valence-electron chi connectivity index (χ1n) is 11.2. The third kappa shape index (κ3) is 3.78. The van der Waals surface area contributed by atoms with Gasteiger partial charge < -0.3 is 15.0 Å². The lowest BCUT2D eigenvalue weighted by atomic mass is 9.95. The maximum Gasteiger partial charge on any atom is 0.338 e. The first-order chi connectivity index (χ1) is 16.7. The van der Waals surface area contributed by atoms with Crippen molar-refractivity contribution in [3.63, 3.8) is 0 Å². The number of aryl methyl sites for hydroxylation is 1. The van der Waals surface area contributed by atoms with Crippen molar-refractivity contribution >= 4 is 29.0 Å². The van der Waals surface area contributed by atoms with Crippen LogP contribution in [0.25, 0.3) is 22.9 Å². The van der Waals surface area contributed by atoms with Crippen molar-refractivity contribution in [2.75, 3.05) is 12.3 Å². The zero-order chi connectivity index (χ0) is 25.4. The highest BCUT2D eigenvalue weighted by atomic mass is 16.5. The lowest BCUT2D eigenvalue weighted by molar-refractivity contribution is 0.0526. The van der Waals surface area contributed by atoms with Gasteiger partial charge in [-0.1, -0.05) is 0 Å². The first kappa shape index (κ1) is 23.5. The summed E-state index contributed by atoms with van der Waals surface area (Å²) in [6.45, 7) is 9.87. The molecule has 1 aromatic carbocycles. The van der Waals surface area contributed by atoms with Crippen LogP contribution in [0.15, 0.2) is 35.9 Å². The van der Waals surface area contributed by atoms with E-state index < -0.39 is 0 Å². The summed E-state index contributed by atoms with van der Waals surface area (Å²) in [5.74, 6) is -0.211. The van der Waals surface area contributed by atoms with Crippen LogP contribution in [0.3, 0.4) is 0 Å². The van der Waals surface area contributed by atoms with Crippen LogP contribution >= 0.6 is 0 Å². The van der Waals surface area contributed by atoms with Crippen LogP contribution in [0.4, 0.5) is 5.82 Å². The summed E-state index contributed by atoms with van der Waals surface area (Å²) in [6, 6.07) is 13.8. The Morgan fingerprint density at radius 1 is 1.14 bits per heavy atom. The topological polar surface area (TPSA) is 118 Å². The molecule has 0 aliphatic heterocycles. The van der Waals surface area contributed by atoms with Crippen LogP contribution in [0.2, 0.25) is 0 Å². The molecule has 0 spiro atoms. The number of carbonyl (C=O) groups excluding carboxylic acids is 1. The van der Waals surface area contributed by atoms with E-state index in [1.807, 2.05) is 45.9 Å². The number of nitrogens with zero attached hydrogens (tertiary/aromatic N) is 4. The van der Waals surface area contributed by atoms with Crippen LogP contribution in [0.1, 0.15) is 63.5 Å². The van der Waals surface area contributed by atoms with E-state index in [0.29, 0.717) is 34.6 Å². The van der Waals surface area contributed by atoms with Crippen molar-refractivity contribution in [2.24, 2.45) is 0 Å². The summed E-state index contributed by atoms with van der Waals surface area (Å²) in [4.78, 5) is 16.4. The van der Waals surface area contributed by atoms with E-state index in [2.05, 4.69) is 27.8 Å². The average molecular weight is 464 g/mol. The molecule has 1 aliphatic carbocycles. The minimum Gasteiger partial charge on any atom is -0.462 e. The summed E-state index contributed by atoms with van der Waals surface area (Å²) < 4.78 is 7.18. The van der Waals surface area contributed by atoms with Gasteiger partial charge >= 0.3 is 5.97 Å². The Morgan fingerprint density at radius 2 is 1.83 bits per heavy atom. The van der Waals surface area contributed by atoms with Gasteiger partial charge in [-0.05, 0) is 93.3 Å². The van der Waals surface area contributed by atoms with Gasteiger partial charge in [0.15, 0.2) is 0 Å². The SMILES string of the molecule is CCOC(=O)c1ccc(-n2c(C)cc(/C=C3/C(C)=C(C#N)c4nc(N)c(C#N)c(C)c43)c2C)cc1. The van der Waals surface area contributed by atoms with Crippen molar-refractivity contribution in [2.45, 2.75) is 34.6 Å². The molecule has 2 aromatic heterocycles. The number of aromatic nitrogens is 2. The number of anilines is 1. The fourth-order valence-electron chi connectivity index (χ4n) is 4.64. The molecule has 2 heterocycles. The van der Waals surface area contributed by atoms with E-state index in [1.165, 1.54) is 0 Å². The molecule has 7 heteroatoms. The fraction of sp³-hybridized carbons (Fsp3) is 0.214. The molecule has 174 valence electrons. The van der Waals surface area contributed by atoms with E-state index in [0.717, 1.165) is 39.3 Å². The number of fused-ring (bicyclic) bond motifs is 1. The van der Waals surface area contributed by atoms with Gasteiger partial charge in [0, 0.05) is 22.6 Å². The number of allylic oxidation sites excluding steroid dienone is 3. The second-order valence-corrected chi connectivity index (χ2v) is 8.43. The number of pyridine rings is 1. The van der Waals surface area contributed by atoms with Crippen molar-refractivity contribution in [1.29, 1.82) is 10.5 Å². The number of carbonyl (C=O) groups is 1. The van der Waals surface area contributed by atoms with Crippen molar-refractivity contribution in [1.82, 2.24) is 9.55 Å². The third-order valence-corrected chi connectivity index (χ3v) is 6.39. The molecule has 0 atom stereocenters. The Labute approximate surface area is 204 Å². The quantitative estimate of drug-likeness (QED) is 0.526. The summed E-state index contributed by atoms with van der Waals surface area (Å²) >= 11 is 0. The summed E-state index contributed by atoms with van der Waals surface area (Å²) in [5, 5.41) is 19.4. The summed E-state index contributed by atoms with van der Waals surface area (Å²) in [6.07, 6.45) is 2.04. The molecule has 4 rings (SSSR count). The molecule has 0 saturated heterocycles. The van der Waals surface area contributed by atoms with Gasteiger partial charge in [-0.25, -0.2) is 9.78 Å². The van der Waals surface area contributed by atoms with Gasteiger partial charge in [0.25, 0.3) is 0 Å². The van der Waals surface area contributed by atoms with E-state index in [1.54, 1.807) is 19.1 Å². The smallest absolute Gasteiger partial charge is 0.338 e. The zero-order valence-electron chi connectivity index (χ0n) is 20.4. The van der Waals surface area contributed by atoms with Crippen molar-refractivity contribution < 1.29 is 9.53 Å². The Kier molecular flexibility index (Phi) is 6.03. The van der Waals surface area contributed by atoms with Crippen LogP contribution in [-0.2, 0) is 4.74 Å². The predicted molar refractivity (Wildman–Crippen MR) is 135 cm³/mol. The highest BCUT2D eigenvalue weighted by Crippen LogP contribution is 2.44. The van der Waals surface area contributed by atoms with E-state index in [-0.39, 0.29) is 11.8 Å². The molecule has 0 unspecified atom stereocenters. The van der Waals surface area contributed by atoms with Crippen LogP contribution in [0, 0.1) is 43.4 Å². The van der Waals surface area contributed by atoms with Gasteiger partial charge in [-0.2, -0.15) is 10.5 Å². The lowest BCUT2D eigenvalue weighted by Crippen LogP contribution is -2.05. The van der Waals surface area contributed by atoms with Gasteiger partial charge in [0.1, 0.15) is 18.0 Å². The molecule has 1 aliphatic rings. The molecule has 2 N–H and O–H groups in total. The number of benzene rings is 1. The Bertz CT molecular complexity index is 1520. The molecule has 0 saturated carbocycles. The average Bonchev–Trinajstić information content (AvgIpc) is 3.26. The Morgan fingerprint density at radius 3 is 2.43 bits per heavy atom. The fourth-order valence-corrected chi connectivity index (χ4v) is 4.64. The van der Waals surface area contributed by atoms with Gasteiger partial charge in [-0.3, -0.25) is 0 Å². The second-order valence-electron chi connectivity index (χ2n) is 8.43. The molecular weight excluding hydrogens is 438 g/mol. The number of nitrogen functional groups attached to an aromatic ring is 1. The zero-order valence-corrected chi connectivity index (χ0v) is 20.4. The molecule has 0 radical (unpaired) electrons. The predicted octanol–water partition coefficient (Wildman–Crippen LogP) is 5.28. The largest absolute Gasteiger partial charge is 0.462 e. The number of rotatable bonds is 4. The minimum absolute atomic E-state index is 0.134. The Hall–Kier alpha value is -4.62. The molecule has 0 fully saturated rings. The normalized spacial score (nSPS) is 13.5. The molecule has 7 nitrogen and oxygen atoms in total. The van der Waals surface area contributed by atoms with Gasteiger partial charge in [0.05, 0.1) is 29.0 Å². The first-order valence-corrected chi connectivity index (χ1v) is 11.2. The lowest BCUT2D eigenvalue weighted by Gasteiger charge is -2.12. The molecule has 0 amide bonds.